The van der Waals surface area contributed by atoms with Crippen LogP contribution in [-0.2, 0) is 10.8 Å². The molecular weight excluding hydrogens is 252 g/mol. The third-order valence-electron chi connectivity index (χ3n) is 2.36. The topological polar surface area (TPSA) is 81.4 Å². The van der Waals surface area contributed by atoms with E-state index in [0.717, 1.165) is 0 Å². The summed E-state index contributed by atoms with van der Waals surface area (Å²) in [5, 5.41) is 2.75. The van der Waals surface area contributed by atoms with Crippen LogP contribution in [0.2, 0.25) is 0 Å². The first kappa shape index (κ1) is 14.5. The van der Waals surface area contributed by atoms with Crippen molar-refractivity contribution in [2.75, 3.05) is 31.4 Å². The van der Waals surface area contributed by atoms with Gasteiger partial charge in [0, 0.05) is 35.0 Å². The van der Waals surface area contributed by atoms with Gasteiger partial charge in [-0.3, -0.25) is 9.00 Å². The second-order valence-electron chi connectivity index (χ2n) is 3.85. The molecule has 0 saturated carbocycles. The number of nitrogen functional groups attached to an aromatic ring is 1. The SMILES string of the molecule is COc1ccc(N)cc1C(=O)NCCCS(C)=O. The molecule has 0 heterocycles. The highest BCUT2D eigenvalue weighted by molar-refractivity contribution is 7.84. The van der Waals surface area contributed by atoms with Crippen molar-refractivity contribution in [1.82, 2.24) is 5.32 Å². The quantitative estimate of drug-likeness (QED) is 0.591. The van der Waals surface area contributed by atoms with Gasteiger partial charge in [-0.05, 0) is 24.6 Å². The number of ether oxygens (including phenoxy) is 1. The molecule has 0 aliphatic carbocycles. The molecule has 0 radical (unpaired) electrons. The van der Waals surface area contributed by atoms with E-state index in [1.54, 1.807) is 24.5 Å². The summed E-state index contributed by atoms with van der Waals surface area (Å²) in [5.41, 5.74) is 6.56. The molecule has 0 aliphatic rings. The summed E-state index contributed by atoms with van der Waals surface area (Å²) in [5.74, 6) is 0.829. The highest BCUT2D eigenvalue weighted by Crippen LogP contribution is 2.20. The van der Waals surface area contributed by atoms with Gasteiger partial charge in [0.05, 0.1) is 12.7 Å². The van der Waals surface area contributed by atoms with Crippen LogP contribution in [0, 0.1) is 0 Å². The summed E-state index contributed by atoms with van der Waals surface area (Å²) in [7, 11) is 0.672. The Labute approximate surface area is 109 Å². The molecule has 1 rings (SSSR count). The summed E-state index contributed by atoms with van der Waals surface area (Å²) in [6.45, 7) is 0.483. The average Bonchev–Trinajstić information content (AvgIpc) is 2.34. The van der Waals surface area contributed by atoms with E-state index in [4.69, 9.17) is 10.5 Å². The number of hydrogen-bond donors (Lipinski definition) is 2. The average molecular weight is 270 g/mol. The lowest BCUT2D eigenvalue weighted by Gasteiger charge is -2.09. The number of nitrogens with two attached hydrogens (primary N) is 1. The lowest BCUT2D eigenvalue weighted by Crippen LogP contribution is -2.26. The summed E-state index contributed by atoms with van der Waals surface area (Å²) in [6.07, 6.45) is 2.32. The number of hydrogen-bond acceptors (Lipinski definition) is 4. The van der Waals surface area contributed by atoms with Crippen molar-refractivity contribution >= 4 is 22.4 Å². The fourth-order valence-corrected chi connectivity index (χ4v) is 2.03. The van der Waals surface area contributed by atoms with Crippen molar-refractivity contribution in [3.8, 4) is 5.75 Å². The van der Waals surface area contributed by atoms with Crippen LogP contribution in [0.1, 0.15) is 16.8 Å². The normalized spacial score (nSPS) is 11.9. The molecule has 3 N–H and O–H groups in total. The number of carbonyl (C=O) groups is 1. The van der Waals surface area contributed by atoms with Crippen LogP contribution < -0.4 is 15.8 Å². The lowest BCUT2D eigenvalue weighted by molar-refractivity contribution is 0.0951. The summed E-state index contributed by atoms with van der Waals surface area (Å²) in [4.78, 5) is 11.9. The zero-order valence-electron chi connectivity index (χ0n) is 10.6. The van der Waals surface area contributed by atoms with Crippen LogP contribution >= 0.6 is 0 Å². The van der Waals surface area contributed by atoms with Crippen LogP contribution in [0.15, 0.2) is 18.2 Å². The molecule has 0 saturated heterocycles. The Balaban J connectivity index is 2.60. The number of anilines is 1. The van der Waals surface area contributed by atoms with Crippen LogP contribution in [0.3, 0.4) is 0 Å². The van der Waals surface area contributed by atoms with E-state index in [9.17, 15) is 9.00 Å². The van der Waals surface area contributed by atoms with Crippen LogP contribution in [0.5, 0.6) is 5.75 Å². The number of nitrogens with one attached hydrogen (secondary N) is 1. The predicted molar refractivity (Wildman–Crippen MR) is 73.3 cm³/mol. The molecule has 0 bridgehead atoms. The van der Waals surface area contributed by atoms with Gasteiger partial charge in [0.25, 0.3) is 5.91 Å². The molecule has 0 aromatic heterocycles. The van der Waals surface area contributed by atoms with Crippen molar-refractivity contribution in [2.45, 2.75) is 6.42 Å². The predicted octanol–water partition coefficient (Wildman–Crippen LogP) is 0.776. The Morgan fingerprint density at radius 3 is 2.83 bits per heavy atom. The summed E-state index contributed by atoms with van der Waals surface area (Å²) in [6, 6.07) is 4.91. The van der Waals surface area contributed by atoms with E-state index in [1.165, 1.54) is 7.11 Å². The Morgan fingerprint density at radius 1 is 1.50 bits per heavy atom. The summed E-state index contributed by atoms with van der Waals surface area (Å²) < 4.78 is 16.0. The fourth-order valence-electron chi connectivity index (χ4n) is 1.48. The number of carbonyl (C=O) groups excluding carboxylic acids is 1. The van der Waals surface area contributed by atoms with Gasteiger partial charge in [0.15, 0.2) is 0 Å². The third-order valence-corrected chi connectivity index (χ3v) is 3.23. The van der Waals surface area contributed by atoms with Crippen molar-refractivity contribution in [3.05, 3.63) is 23.8 Å². The molecule has 5 nitrogen and oxygen atoms in total. The van der Waals surface area contributed by atoms with Gasteiger partial charge >= 0.3 is 0 Å². The van der Waals surface area contributed by atoms with Gasteiger partial charge in [0.1, 0.15) is 5.75 Å². The molecule has 1 aromatic rings. The molecule has 1 atom stereocenters. The van der Waals surface area contributed by atoms with Gasteiger partial charge in [-0.15, -0.1) is 0 Å². The highest BCUT2D eigenvalue weighted by Gasteiger charge is 2.11. The highest BCUT2D eigenvalue weighted by atomic mass is 32.2. The molecule has 100 valence electrons. The fraction of sp³-hybridized carbons (Fsp3) is 0.417. The first-order chi connectivity index (χ1) is 8.54. The molecule has 6 heteroatoms. The van der Waals surface area contributed by atoms with Crippen molar-refractivity contribution in [3.63, 3.8) is 0 Å². The maximum Gasteiger partial charge on any atom is 0.255 e. The molecule has 1 unspecified atom stereocenters. The maximum atomic E-state index is 11.9. The number of amides is 1. The monoisotopic (exact) mass is 270 g/mol. The Kier molecular flexibility index (Phi) is 5.64. The minimum atomic E-state index is -0.830. The second-order valence-corrected chi connectivity index (χ2v) is 5.40. The Morgan fingerprint density at radius 2 is 2.22 bits per heavy atom. The second kappa shape index (κ2) is 7.00. The van der Waals surface area contributed by atoms with E-state index in [0.29, 0.717) is 35.7 Å². The molecule has 18 heavy (non-hydrogen) atoms. The molecule has 0 fully saturated rings. The minimum absolute atomic E-state index is 0.235. The first-order valence-electron chi connectivity index (χ1n) is 5.56. The first-order valence-corrected chi connectivity index (χ1v) is 7.29. The number of rotatable bonds is 6. The Hall–Kier alpha value is -1.56. The molecule has 0 aliphatic heterocycles. The van der Waals surface area contributed by atoms with E-state index in [-0.39, 0.29) is 5.91 Å². The van der Waals surface area contributed by atoms with E-state index >= 15 is 0 Å². The maximum absolute atomic E-state index is 11.9. The smallest absolute Gasteiger partial charge is 0.255 e. The van der Waals surface area contributed by atoms with Gasteiger partial charge in [-0.2, -0.15) is 0 Å². The van der Waals surface area contributed by atoms with Crippen molar-refractivity contribution in [1.29, 1.82) is 0 Å². The van der Waals surface area contributed by atoms with Crippen LogP contribution in [0.4, 0.5) is 5.69 Å². The zero-order valence-corrected chi connectivity index (χ0v) is 11.4. The van der Waals surface area contributed by atoms with Gasteiger partial charge in [0.2, 0.25) is 0 Å². The largest absolute Gasteiger partial charge is 0.496 e. The van der Waals surface area contributed by atoms with E-state index < -0.39 is 10.8 Å². The minimum Gasteiger partial charge on any atom is -0.496 e. The molecule has 1 aromatic carbocycles. The zero-order chi connectivity index (χ0) is 13.5. The van der Waals surface area contributed by atoms with E-state index in [1.807, 2.05) is 0 Å². The molecular formula is C12H18N2O3S. The van der Waals surface area contributed by atoms with Gasteiger partial charge < -0.3 is 15.8 Å². The van der Waals surface area contributed by atoms with Crippen LogP contribution in [0.25, 0.3) is 0 Å². The lowest BCUT2D eigenvalue weighted by atomic mass is 10.1. The third kappa shape index (κ3) is 4.37. The standard InChI is InChI=1S/C12H18N2O3S/c1-17-11-5-4-9(13)8-10(11)12(15)14-6-3-7-18(2)16/h4-5,8H,3,6-7,13H2,1-2H3,(H,14,15). The van der Waals surface area contributed by atoms with Gasteiger partial charge in [-0.25, -0.2) is 0 Å². The number of benzene rings is 1. The van der Waals surface area contributed by atoms with Crippen molar-refractivity contribution < 1.29 is 13.7 Å². The number of methoxy groups -OCH3 is 1. The molecule has 0 spiro atoms. The Bertz CT molecular complexity index is 449. The van der Waals surface area contributed by atoms with E-state index in [2.05, 4.69) is 5.32 Å². The van der Waals surface area contributed by atoms with Gasteiger partial charge in [-0.1, -0.05) is 0 Å². The van der Waals surface area contributed by atoms with Crippen LogP contribution in [-0.4, -0.2) is 35.8 Å². The van der Waals surface area contributed by atoms with Crippen molar-refractivity contribution in [2.24, 2.45) is 0 Å². The summed E-state index contributed by atoms with van der Waals surface area (Å²) >= 11 is 0. The molecule has 1 amide bonds.